The molecule has 1 fully saturated rings. The van der Waals surface area contributed by atoms with Gasteiger partial charge in [-0.25, -0.2) is 9.78 Å². The maximum Gasteiger partial charge on any atom is 0.344 e. The minimum Gasteiger partial charge on any atom is -0.361 e. The van der Waals surface area contributed by atoms with E-state index in [0.717, 1.165) is 24.0 Å². The van der Waals surface area contributed by atoms with Gasteiger partial charge in [-0.3, -0.25) is 4.84 Å². The SMILES string of the molecule is C=CCON1C(=O)N2CC(c3nccn3COCC[Si](C)(C)C)=CC1C2. The van der Waals surface area contributed by atoms with Crippen LogP contribution in [0.2, 0.25) is 25.7 Å². The van der Waals surface area contributed by atoms with Crippen LogP contribution in [0.3, 0.4) is 0 Å². The Morgan fingerprint density at radius 1 is 1.42 bits per heavy atom. The number of amides is 2. The molecule has 26 heavy (non-hydrogen) atoms. The van der Waals surface area contributed by atoms with Crippen LogP contribution in [0, 0.1) is 0 Å². The van der Waals surface area contributed by atoms with Crippen molar-refractivity contribution in [1.29, 1.82) is 0 Å². The number of urea groups is 1. The van der Waals surface area contributed by atoms with Crippen molar-refractivity contribution >= 4 is 19.7 Å². The predicted octanol–water partition coefficient (Wildman–Crippen LogP) is 2.82. The topological polar surface area (TPSA) is 59.8 Å². The van der Waals surface area contributed by atoms with E-state index < -0.39 is 8.07 Å². The van der Waals surface area contributed by atoms with Crippen LogP contribution in [0.25, 0.3) is 5.57 Å². The lowest BCUT2D eigenvalue weighted by atomic mass is 10.1. The second-order valence-corrected chi connectivity index (χ2v) is 13.5. The molecule has 2 aliphatic heterocycles. The number of aromatic nitrogens is 2. The monoisotopic (exact) mass is 376 g/mol. The van der Waals surface area contributed by atoms with Gasteiger partial charge in [0.15, 0.2) is 0 Å². The summed E-state index contributed by atoms with van der Waals surface area (Å²) >= 11 is 0. The summed E-state index contributed by atoms with van der Waals surface area (Å²) in [5.41, 5.74) is 1.03. The van der Waals surface area contributed by atoms with Crippen LogP contribution in [-0.2, 0) is 16.3 Å². The molecule has 1 aromatic rings. The number of rotatable bonds is 9. The minimum atomic E-state index is -1.09. The molecule has 0 aliphatic carbocycles. The molecule has 0 spiro atoms. The van der Waals surface area contributed by atoms with Crippen molar-refractivity contribution in [3.8, 4) is 0 Å². The van der Waals surface area contributed by atoms with E-state index in [4.69, 9.17) is 9.57 Å². The largest absolute Gasteiger partial charge is 0.361 e. The van der Waals surface area contributed by atoms with E-state index in [1.807, 2.05) is 10.8 Å². The Hall–Kier alpha value is -1.90. The number of nitrogens with zero attached hydrogens (tertiary/aromatic N) is 4. The van der Waals surface area contributed by atoms with Gasteiger partial charge in [-0.15, -0.1) is 6.58 Å². The molecular weight excluding hydrogens is 348 g/mol. The molecule has 1 aromatic heterocycles. The third-order valence-electron chi connectivity index (χ3n) is 4.48. The number of hydrogen-bond donors (Lipinski definition) is 0. The number of hydrogen-bond acceptors (Lipinski definition) is 4. The summed E-state index contributed by atoms with van der Waals surface area (Å²) in [6.45, 7) is 13.4. The maximum atomic E-state index is 12.4. The Morgan fingerprint density at radius 3 is 2.96 bits per heavy atom. The molecular formula is C18H28N4O3Si. The highest BCUT2D eigenvalue weighted by Crippen LogP contribution is 2.29. The summed E-state index contributed by atoms with van der Waals surface area (Å²) in [6, 6.07) is 0.941. The number of hydroxylamine groups is 2. The smallest absolute Gasteiger partial charge is 0.344 e. The Balaban J connectivity index is 1.66. The third kappa shape index (κ3) is 4.25. The number of imidazole rings is 1. The molecule has 1 unspecified atom stereocenters. The summed E-state index contributed by atoms with van der Waals surface area (Å²) in [5.74, 6) is 0.853. The van der Waals surface area contributed by atoms with E-state index in [0.29, 0.717) is 26.4 Å². The van der Waals surface area contributed by atoms with Gasteiger partial charge in [0.1, 0.15) is 12.6 Å². The van der Waals surface area contributed by atoms with E-state index in [1.165, 1.54) is 5.06 Å². The van der Waals surface area contributed by atoms with E-state index in [1.54, 1.807) is 17.2 Å². The molecule has 2 aliphatic rings. The Bertz CT molecular complexity index is 695. The van der Waals surface area contributed by atoms with Crippen LogP contribution in [0.5, 0.6) is 0 Å². The number of carbonyl (C=O) groups is 1. The van der Waals surface area contributed by atoms with E-state index in [-0.39, 0.29) is 12.1 Å². The van der Waals surface area contributed by atoms with E-state index in [9.17, 15) is 4.79 Å². The van der Waals surface area contributed by atoms with Crippen LogP contribution >= 0.6 is 0 Å². The minimum absolute atomic E-state index is 0.0934. The first kappa shape index (κ1) is 18.9. The van der Waals surface area contributed by atoms with Gasteiger partial charge in [0, 0.05) is 39.2 Å². The highest BCUT2D eigenvalue weighted by atomic mass is 28.3. The number of fused-ring (bicyclic) bond motifs is 2. The number of ether oxygens (including phenoxy) is 1. The lowest BCUT2D eigenvalue weighted by Gasteiger charge is -2.22. The molecule has 0 aromatic carbocycles. The van der Waals surface area contributed by atoms with Gasteiger partial charge in [-0.2, -0.15) is 5.06 Å². The lowest BCUT2D eigenvalue weighted by Crippen LogP contribution is -2.33. The van der Waals surface area contributed by atoms with E-state index in [2.05, 4.69) is 37.3 Å². The zero-order valence-corrected chi connectivity index (χ0v) is 16.9. The fourth-order valence-electron chi connectivity index (χ4n) is 3.07. The first-order valence-electron chi connectivity index (χ1n) is 9.01. The van der Waals surface area contributed by atoms with Gasteiger partial charge in [0.05, 0.1) is 19.2 Å². The van der Waals surface area contributed by atoms with Gasteiger partial charge in [0.2, 0.25) is 0 Å². The van der Waals surface area contributed by atoms with Crippen molar-refractivity contribution in [2.24, 2.45) is 0 Å². The fourth-order valence-corrected chi connectivity index (χ4v) is 3.83. The molecule has 2 bridgehead atoms. The van der Waals surface area contributed by atoms with Gasteiger partial charge in [-0.1, -0.05) is 25.7 Å². The number of carbonyl (C=O) groups excluding carboxylic acids is 1. The Labute approximate surface area is 155 Å². The summed E-state index contributed by atoms with van der Waals surface area (Å²) in [5, 5.41) is 1.44. The van der Waals surface area contributed by atoms with Gasteiger partial charge in [-0.05, 0) is 12.1 Å². The highest BCUT2D eigenvalue weighted by molar-refractivity contribution is 6.76. The average molecular weight is 377 g/mol. The summed E-state index contributed by atoms with van der Waals surface area (Å²) in [7, 11) is -1.09. The Kier molecular flexibility index (Phi) is 5.64. The van der Waals surface area contributed by atoms with Crippen molar-refractivity contribution in [3.05, 3.63) is 36.9 Å². The third-order valence-corrected chi connectivity index (χ3v) is 6.19. The lowest BCUT2D eigenvalue weighted by molar-refractivity contribution is -0.107. The molecule has 3 heterocycles. The molecule has 142 valence electrons. The molecule has 0 radical (unpaired) electrons. The van der Waals surface area contributed by atoms with Gasteiger partial charge >= 0.3 is 6.03 Å². The standard InChI is InChI=1S/C18H28N4O3Si/c1-5-8-25-22-16-11-15(12-21(13-16)18(22)23)17-19-6-7-20(17)14-24-9-10-26(2,3)4/h5-7,11,16H,1,8-10,12-14H2,2-4H3. The Morgan fingerprint density at radius 2 is 2.23 bits per heavy atom. The quantitative estimate of drug-likeness (QED) is 0.378. The fraction of sp³-hybridized carbons (Fsp3) is 0.556. The molecule has 2 amide bonds. The maximum absolute atomic E-state index is 12.4. The zero-order valence-electron chi connectivity index (χ0n) is 15.9. The normalized spacial score (nSPS) is 19.9. The first-order valence-corrected chi connectivity index (χ1v) is 12.7. The second kappa shape index (κ2) is 7.77. The molecule has 7 nitrogen and oxygen atoms in total. The second-order valence-electron chi connectivity index (χ2n) is 7.90. The zero-order chi connectivity index (χ0) is 18.7. The van der Waals surface area contributed by atoms with Crippen LogP contribution in [0.4, 0.5) is 4.79 Å². The van der Waals surface area contributed by atoms with Crippen molar-refractivity contribution in [2.75, 3.05) is 26.3 Å². The molecule has 8 heteroatoms. The van der Waals surface area contributed by atoms with Crippen molar-refractivity contribution in [1.82, 2.24) is 19.5 Å². The first-order chi connectivity index (χ1) is 12.4. The molecule has 1 atom stereocenters. The van der Waals surface area contributed by atoms with Crippen molar-refractivity contribution in [2.45, 2.75) is 38.5 Å². The molecule has 0 N–H and O–H groups in total. The van der Waals surface area contributed by atoms with Crippen LogP contribution in [0.1, 0.15) is 5.82 Å². The van der Waals surface area contributed by atoms with Crippen LogP contribution in [0.15, 0.2) is 31.1 Å². The summed E-state index contributed by atoms with van der Waals surface area (Å²) in [6.07, 6.45) is 7.41. The van der Waals surface area contributed by atoms with E-state index >= 15 is 0 Å². The highest BCUT2D eigenvalue weighted by Gasteiger charge is 2.41. The molecule has 0 saturated carbocycles. The van der Waals surface area contributed by atoms with Crippen molar-refractivity contribution in [3.63, 3.8) is 0 Å². The van der Waals surface area contributed by atoms with Crippen LogP contribution in [-0.4, -0.2) is 66.0 Å². The predicted molar refractivity (Wildman–Crippen MR) is 103 cm³/mol. The molecule has 1 saturated heterocycles. The average Bonchev–Trinajstić information content (AvgIpc) is 3.13. The molecule has 3 rings (SSSR count). The summed E-state index contributed by atoms with van der Waals surface area (Å²) in [4.78, 5) is 24.2. The van der Waals surface area contributed by atoms with Crippen LogP contribution < -0.4 is 0 Å². The van der Waals surface area contributed by atoms with Gasteiger partial charge in [0.25, 0.3) is 0 Å². The summed E-state index contributed by atoms with van der Waals surface area (Å²) < 4.78 is 7.86. The van der Waals surface area contributed by atoms with Gasteiger partial charge < -0.3 is 14.2 Å². The van der Waals surface area contributed by atoms with Crippen molar-refractivity contribution < 1.29 is 14.4 Å².